The Labute approximate surface area is 109 Å². The van der Waals surface area contributed by atoms with Crippen molar-refractivity contribution in [2.75, 3.05) is 12.4 Å². The van der Waals surface area contributed by atoms with E-state index in [1.165, 1.54) is 16.7 Å². The van der Waals surface area contributed by atoms with Crippen LogP contribution in [0.15, 0.2) is 18.2 Å². The number of aliphatic hydroxyl groups excluding tert-OH is 1. The van der Waals surface area contributed by atoms with Gasteiger partial charge in [0.25, 0.3) is 0 Å². The van der Waals surface area contributed by atoms with Crippen LogP contribution in [0.3, 0.4) is 0 Å². The first-order valence-electron chi connectivity index (χ1n) is 6.09. The molecule has 0 saturated carbocycles. The van der Waals surface area contributed by atoms with Crippen molar-refractivity contribution in [3.63, 3.8) is 0 Å². The fraction of sp³-hybridized carbons (Fsp3) is 0.571. The van der Waals surface area contributed by atoms with Gasteiger partial charge in [-0.3, -0.25) is 0 Å². The Hall–Kier alpha value is -0.510. The maximum Gasteiger partial charge on any atom is 0.0441 e. The molecular weight excluding hydrogens is 230 g/mol. The van der Waals surface area contributed by atoms with Gasteiger partial charge in [-0.15, -0.1) is 0 Å². The third-order valence-electron chi connectivity index (χ3n) is 3.06. The highest BCUT2D eigenvalue weighted by Crippen LogP contribution is 2.22. The van der Waals surface area contributed by atoms with Crippen molar-refractivity contribution in [2.45, 2.75) is 38.5 Å². The fourth-order valence-corrected chi connectivity index (χ4v) is 2.62. The van der Waals surface area contributed by atoms with Crippen molar-refractivity contribution < 1.29 is 5.11 Å². The molecule has 3 heteroatoms. The number of aryl methyl sites for hydroxylation is 2. The van der Waals surface area contributed by atoms with Gasteiger partial charge in [-0.2, -0.15) is 11.8 Å². The number of thioether (sulfide) groups is 1. The highest BCUT2D eigenvalue weighted by molar-refractivity contribution is 7.99. The van der Waals surface area contributed by atoms with E-state index in [-0.39, 0.29) is 12.6 Å². The van der Waals surface area contributed by atoms with E-state index < -0.39 is 0 Å². The van der Waals surface area contributed by atoms with Gasteiger partial charge in [-0.05, 0) is 37.0 Å². The van der Waals surface area contributed by atoms with E-state index in [0.29, 0.717) is 5.25 Å². The lowest BCUT2D eigenvalue weighted by Gasteiger charge is -2.16. The van der Waals surface area contributed by atoms with Crippen LogP contribution in [0.5, 0.6) is 0 Å². The molecule has 0 saturated heterocycles. The predicted molar refractivity (Wildman–Crippen MR) is 76.5 cm³/mol. The van der Waals surface area contributed by atoms with E-state index >= 15 is 0 Å². The average molecular weight is 253 g/mol. The second kappa shape index (κ2) is 7.04. The molecule has 0 amide bonds. The Bertz CT molecular complexity index is 354. The van der Waals surface area contributed by atoms with E-state index in [0.717, 1.165) is 12.2 Å². The third kappa shape index (κ3) is 4.70. The molecule has 17 heavy (non-hydrogen) atoms. The van der Waals surface area contributed by atoms with Crippen LogP contribution in [0.4, 0.5) is 0 Å². The minimum absolute atomic E-state index is 0.0837. The van der Waals surface area contributed by atoms with Crippen molar-refractivity contribution in [3.8, 4) is 0 Å². The van der Waals surface area contributed by atoms with Crippen LogP contribution in [0.25, 0.3) is 0 Å². The van der Waals surface area contributed by atoms with E-state index in [9.17, 15) is 0 Å². The molecule has 1 aromatic rings. The zero-order chi connectivity index (χ0) is 12.8. The van der Waals surface area contributed by atoms with Crippen molar-refractivity contribution in [1.82, 2.24) is 0 Å². The maximum atomic E-state index is 8.84. The van der Waals surface area contributed by atoms with Crippen LogP contribution < -0.4 is 5.73 Å². The average Bonchev–Trinajstić information content (AvgIpc) is 2.30. The lowest BCUT2D eigenvalue weighted by atomic mass is 10.0. The number of hydrogen-bond donors (Lipinski definition) is 2. The maximum absolute atomic E-state index is 8.84. The number of benzene rings is 1. The number of hydrogen-bond acceptors (Lipinski definition) is 3. The molecule has 1 aromatic carbocycles. The minimum atomic E-state index is 0.0837. The zero-order valence-corrected chi connectivity index (χ0v) is 11.8. The van der Waals surface area contributed by atoms with Gasteiger partial charge in [0.05, 0.1) is 0 Å². The summed E-state index contributed by atoms with van der Waals surface area (Å²) in [6.45, 7) is 6.62. The van der Waals surface area contributed by atoms with Crippen LogP contribution in [0, 0.1) is 13.8 Å². The Kier molecular flexibility index (Phi) is 6.03. The number of aliphatic hydroxyl groups is 1. The summed E-state index contributed by atoms with van der Waals surface area (Å²) in [5.41, 5.74) is 9.99. The fourth-order valence-electron chi connectivity index (χ4n) is 1.62. The smallest absolute Gasteiger partial charge is 0.0441 e. The Balaban J connectivity index is 2.52. The molecule has 0 fully saturated rings. The van der Waals surface area contributed by atoms with Crippen molar-refractivity contribution in [2.24, 2.45) is 5.73 Å². The van der Waals surface area contributed by atoms with Gasteiger partial charge >= 0.3 is 0 Å². The SMILES string of the molecule is Cc1ccc(C(N)CSC(C)CCO)cc1C. The largest absolute Gasteiger partial charge is 0.396 e. The summed E-state index contributed by atoms with van der Waals surface area (Å²) in [5.74, 6) is 0.906. The lowest BCUT2D eigenvalue weighted by molar-refractivity contribution is 0.289. The molecule has 2 unspecified atom stereocenters. The normalized spacial score (nSPS) is 14.6. The second-order valence-electron chi connectivity index (χ2n) is 4.61. The highest BCUT2D eigenvalue weighted by Gasteiger charge is 2.09. The second-order valence-corrected chi connectivity index (χ2v) is 6.08. The van der Waals surface area contributed by atoms with E-state index in [1.807, 2.05) is 11.8 Å². The molecule has 3 N–H and O–H groups in total. The Morgan fingerprint density at radius 1 is 1.29 bits per heavy atom. The summed E-state index contributed by atoms with van der Waals surface area (Å²) in [6, 6.07) is 6.51. The van der Waals surface area contributed by atoms with E-state index in [4.69, 9.17) is 10.8 Å². The lowest BCUT2D eigenvalue weighted by Crippen LogP contribution is -2.15. The Morgan fingerprint density at radius 3 is 2.59 bits per heavy atom. The number of nitrogens with two attached hydrogens (primary N) is 1. The third-order valence-corrected chi connectivity index (χ3v) is 4.41. The first-order valence-corrected chi connectivity index (χ1v) is 7.14. The molecule has 96 valence electrons. The molecule has 0 aliphatic carbocycles. The minimum Gasteiger partial charge on any atom is -0.396 e. The highest BCUT2D eigenvalue weighted by atomic mass is 32.2. The predicted octanol–water partition coefficient (Wildman–Crippen LogP) is 2.81. The molecule has 0 heterocycles. The van der Waals surface area contributed by atoms with Gasteiger partial charge in [0.15, 0.2) is 0 Å². The van der Waals surface area contributed by atoms with Crippen LogP contribution in [0.2, 0.25) is 0 Å². The van der Waals surface area contributed by atoms with Crippen LogP contribution in [0.1, 0.15) is 36.1 Å². The van der Waals surface area contributed by atoms with Crippen LogP contribution in [-0.4, -0.2) is 22.7 Å². The van der Waals surface area contributed by atoms with Gasteiger partial charge in [0.2, 0.25) is 0 Å². The van der Waals surface area contributed by atoms with Gasteiger partial charge in [0.1, 0.15) is 0 Å². The summed E-state index contributed by atoms with van der Waals surface area (Å²) in [7, 11) is 0. The number of rotatable bonds is 6. The molecule has 0 radical (unpaired) electrons. The quantitative estimate of drug-likeness (QED) is 0.819. The van der Waals surface area contributed by atoms with E-state index in [2.05, 4.69) is 39.0 Å². The summed E-state index contributed by atoms with van der Waals surface area (Å²) >= 11 is 1.83. The molecule has 0 bridgehead atoms. The molecule has 0 aliphatic rings. The summed E-state index contributed by atoms with van der Waals surface area (Å²) in [5, 5.41) is 9.31. The van der Waals surface area contributed by atoms with Crippen molar-refractivity contribution in [1.29, 1.82) is 0 Å². The molecule has 0 spiro atoms. The first-order chi connectivity index (χ1) is 8.04. The molecule has 0 aromatic heterocycles. The molecule has 1 rings (SSSR count). The summed E-state index contributed by atoms with van der Waals surface area (Å²) in [6.07, 6.45) is 0.838. The van der Waals surface area contributed by atoms with Gasteiger partial charge in [-0.25, -0.2) is 0 Å². The molecule has 0 aliphatic heterocycles. The standard InChI is InChI=1S/C14H23NOS/c1-10-4-5-13(8-11(10)2)14(15)9-17-12(3)6-7-16/h4-5,8,12,14,16H,6-7,9,15H2,1-3H3. The van der Waals surface area contributed by atoms with Crippen molar-refractivity contribution in [3.05, 3.63) is 34.9 Å². The van der Waals surface area contributed by atoms with Crippen LogP contribution >= 0.6 is 11.8 Å². The molecule has 2 atom stereocenters. The first kappa shape index (κ1) is 14.6. The Morgan fingerprint density at radius 2 is 2.00 bits per heavy atom. The topological polar surface area (TPSA) is 46.2 Å². The molecular formula is C14H23NOS. The van der Waals surface area contributed by atoms with Crippen LogP contribution in [-0.2, 0) is 0 Å². The zero-order valence-electron chi connectivity index (χ0n) is 10.9. The van der Waals surface area contributed by atoms with Gasteiger partial charge in [-0.1, -0.05) is 25.1 Å². The monoisotopic (exact) mass is 253 g/mol. The summed E-state index contributed by atoms with van der Waals surface area (Å²) < 4.78 is 0. The van der Waals surface area contributed by atoms with Crippen molar-refractivity contribution >= 4 is 11.8 Å². The molecule has 2 nitrogen and oxygen atoms in total. The van der Waals surface area contributed by atoms with Gasteiger partial charge < -0.3 is 10.8 Å². The summed E-state index contributed by atoms with van der Waals surface area (Å²) in [4.78, 5) is 0. The van der Waals surface area contributed by atoms with Gasteiger partial charge in [0, 0.05) is 23.7 Å². The van der Waals surface area contributed by atoms with E-state index in [1.54, 1.807) is 0 Å².